The van der Waals surface area contributed by atoms with E-state index in [1.807, 2.05) is 36.5 Å². The van der Waals surface area contributed by atoms with Crippen LogP contribution >= 0.6 is 0 Å². The molecule has 4 nitrogen and oxygen atoms in total. The molecule has 0 aliphatic rings. The molecule has 3 aromatic heterocycles. The second kappa shape index (κ2) is 9.54. The minimum atomic E-state index is 0.677. The van der Waals surface area contributed by atoms with Crippen molar-refractivity contribution in [1.29, 1.82) is 0 Å². The number of rotatable bonds is 4. The highest BCUT2D eigenvalue weighted by Gasteiger charge is 2.23. The van der Waals surface area contributed by atoms with E-state index >= 15 is 0 Å². The summed E-state index contributed by atoms with van der Waals surface area (Å²) in [6.45, 7) is 0. The number of hydrogen-bond acceptors (Lipinski definition) is 3. The maximum atomic E-state index is 5.30. The first-order chi connectivity index (χ1) is 20.4. The molecule has 8 aromatic rings. The Balaban J connectivity index is 1.55. The minimum Gasteiger partial charge on any atom is -0.231 e. The summed E-state index contributed by atoms with van der Waals surface area (Å²) in [6.07, 6.45) is 1.98. The molecule has 0 unspecified atom stereocenters. The monoisotopic (exact) mass is 524 g/mol. The standard InChI is InChI=1S/C37H24N4/c1-4-14-25(15-5-1)31-24-38-41-35(27-18-8-3-9-19-27)33(28-20-10-11-21-29(28)36(31)41)37-39-32-23-13-12-22-30(32)34(40-37)26-16-6-2-7-17-26/h1-24H. The van der Waals surface area contributed by atoms with Gasteiger partial charge in [0.2, 0.25) is 0 Å². The van der Waals surface area contributed by atoms with Crippen LogP contribution in [0.1, 0.15) is 0 Å². The molecule has 0 saturated heterocycles. The van der Waals surface area contributed by atoms with E-state index in [9.17, 15) is 0 Å². The van der Waals surface area contributed by atoms with E-state index in [0.29, 0.717) is 5.82 Å². The molecule has 0 fully saturated rings. The van der Waals surface area contributed by atoms with Gasteiger partial charge in [0.25, 0.3) is 0 Å². The van der Waals surface area contributed by atoms with E-state index in [1.165, 1.54) is 0 Å². The van der Waals surface area contributed by atoms with Gasteiger partial charge in [-0.15, -0.1) is 0 Å². The van der Waals surface area contributed by atoms with Crippen molar-refractivity contribution in [3.63, 3.8) is 0 Å². The number of para-hydroxylation sites is 1. The smallest absolute Gasteiger partial charge is 0.163 e. The largest absolute Gasteiger partial charge is 0.231 e. The summed E-state index contributed by atoms with van der Waals surface area (Å²) in [4.78, 5) is 10.5. The lowest BCUT2D eigenvalue weighted by Gasteiger charge is -2.18. The highest BCUT2D eigenvalue weighted by molar-refractivity contribution is 6.12. The number of hydrogen-bond donors (Lipinski definition) is 0. The molecule has 0 atom stereocenters. The summed E-state index contributed by atoms with van der Waals surface area (Å²) in [5, 5.41) is 8.24. The Kier molecular flexibility index (Phi) is 5.42. The van der Waals surface area contributed by atoms with Gasteiger partial charge in [0.15, 0.2) is 5.82 Å². The molecule has 8 rings (SSSR count). The van der Waals surface area contributed by atoms with Crippen molar-refractivity contribution in [1.82, 2.24) is 19.6 Å². The first-order valence-electron chi connectivity index (χ1n) is 13.7. The highest BCUT2D eigenvalue weighted by atomic mass is 15.2. The third-order valence-electron chi connectivity index (χ3n) is 7.68. The predicted molar refractivity (Wildman–Crippen MR) is 168 cm³/mol. The summed E-state index contributed by atoms with van der Waals surface area (Å²) in [6, 6.07) is 48.1. The zero-order valence-electron chi connectivity index (χ0n) is 22.1. The van der Waals surface area contributed by atoms with E-state index < -0.39 is 0 Å². The van der Waals surface area contributed by atoms with Crippen LogP contribution in [0.4, 0.5) is 0 Å². The lowest BCUT2D eigenvalue weighted by molar-refractivity contribution is 0.974. The number of pyridine rings is 1. The molecule has 0 aliphatic heterocycles. The van der Waals surface area contributed by atoms with E-state index in [4.69, 9.17) is 15.1 Å². The van der Waals surface area contributed by atoms with Gasteiger partial charge >= 0.3 is 0 Å². The summed E-state index contributed by atoms with van der Waals surface area (Å²) in [5.74, 6) is 0.677. The first kappa shape index (κ1) is 23.3. The predicted octanol–water partition coefficient (Wildman–Crippen LogP) is 9.10. The maximum Gasteiger partial charge on any atom is 0.163 e. The van der Waals surface area contributed by atoms with Crippen molar-refractivity contribution in [3.05, 3.63) is 146 Å². The average Bonchev–Trinajstić information content (AvgIpc) is 3.50. The molecule has 0 aliphatic carbocycles. The summed E-state index contributed by atoms with van der Waals surface area (Å²) < 4.78 is 2.08. The molecule has 5 aromatic carbocycles. The van der Waals surface area contributed by atoms with Crippen LogP contribution in [0.2, 0.25) is 0 Å². The molecule has 0 radical (unpaired) electrons. The molecule has 41 heavy (non-hydrogen) atoms. The number of aromatic nitrogens is 4. The molecule has 0 spiro atoms. The van der Waals surface area contributed by atoms with E-state index in [-0.39, 0.29) is 0 Å². The molecular formula is C37H24N4. The first-order valence-corrected chi connectivity index (χ1v) is 13.7. The van der Waals surface area contributed by atoms with Gasteiger partial charge in [-0.1, -0.05) is 133 Å². The van der Waals surface area contributed by atoms with Crippen molar-refractivity contribution < 1.29 is 0 Å². The van der Waals surface area contributed by atoms with E-state index in [0.717, 1.165) is 66.4 Å². The summed E-state index contributed by atoms with van der Waals surface area (Å²) in [5.41, 5.74) is 9.16. The van der Waals surface area contributed by atoms with Crippen molar-refractivity contribution in [3.8, 4) is 45.0 Å². The Labute approximate surface area is 237 Å². The topological polar surface area (TPSA) is 43.1 Å². The van der Waals surface area contributed by atoms with Crippen molar-refractivity contribution >= 4 is 27.2 Å². The lowest BCUT2D eigenvalue weighted by atomic mass is 9.95. The Bertz CT molecular complexity index is 2180. The number of nitrogens with zero attached hydrogens (tertiary/aromatic N) is 4. The lowest BCUT2D eigenvalue weighted by Crippen LogP contribution is -2.03. The Hall–Kier alpha value is -5.61. The highest BCUT2D eigenvalue weighted by Crippen LogP contribution is 2.42. The van der Waals surface area contributed by atoms with Gasteiger partial charge in [-0.2, -0.15) is 5.10 Å². The Morgan fingerprint density at radius 2 is 1.02 bits per heavy atom. The molecule has 3 heterocycles. The zero-order valence-corrected chi connectivity index (χ0v) is 22.1. The van der Waals surface area contributed by atoms with Gasteiger partial charge < -0.3 is 0 Å². The van der Waals surface area contributed by atoms with Crippen molar-refractivity contribution in [2.45, 2.75) is 0 Å². The van der Waals surface area contributed by atoms with Crippen LogP contribution in [0.15, 0.2) is 146 Å². The summed E-state index contributed by atoms with van der Waals surface area (Å²) >= 11 is 0. The molecule has 0 saturated carbocycles. The number of benzene rings is 5. The SMILES string of the molecule is c1ccc(-c2nc(-c3c(-c4ccccc4)n4ncc(-c5ccccc5)c4c4ccccc34)nc3ccccc23)cc1. The Morgan fingerprint density at radius 3 is 1.73 bits per heavy atom. The molecule has 4 heteroatoms. The van der Waals surface area contributed by atoms with Crippen molar-refractivity contribution in [2.75, 3.05) is 0 Å². The van der Waals surface area contributed by atoms with E-state index in [1.54, 1.807) is 0 Å². The molecule has 0 amide bonds. The average molecular weight is 525 g/mol. The molecule has 0 N–H and O–H groups in total. The molecule has 192 valence electrons. The number of fused-ring (bicyclic) bond motifs is 4. The molecular weight excluding hydrogens is 500 g/mol. The Morgan fingerprint density at radius 1 is 0.463 bits per heavy atom. The third-order valence-corrected chi connectivity index (χ3v) is 7.68. The van der Waals surface area contributed by atoms with Crippen LogP contribution in [0, 0.1) is 0 Å². The second-order valence-electron chi connectivity index (χ2n) is 10.1. The van der Waals surface area contributed by atoms with Crippen molar-refractivity contribution in [2.24, 2.45) is 0 Å². The van der Waals surface area contributed by atoms with Crippen LogP contribution in [0.3, 0.4) is 0 Å². The quantitative estimate of drug-likeness (QED) is 0.231. The third kappa shape index (κ3) is 3.80. The van der Waals surface area contributed by atoms with Gasteiger partial charge in [0.05, 0.1) is 34.2 Å². The van der Waals surface area contributed by atoms with Crippen LogP contribution in [-0.2, 0) is 0 Å². The van der Waals surface area contributed by atoms with Gasteiger partial charge in [0.1, 0.15) is 0 Å². The summed E-state index contributed by atoms with van der Waals surface area (Å²) in [7, 11) is 0. The van der Waals surface area contributed by atoms with Crippen LogP contribution < -0.4 is 0 Å². The van der Waals surface area contributed by atoms with Crippen LogP contribution in [0.5, 0.6) is 0 Å². The van der Waals surface area contributed by atoms with E-state index in [2.05, 4.69) is 114 Å². The minimum absolute atomic E-state index is 0.677. The maximum absolute atomic E-state index is 5.30. The van der Waals surface area contributed by atoms with Gasteiger partial charge in [-0.25, -0.2) is 14.5 Å². The fourth-order valence-corrected chi connectivity index (χ4v) is 5.84. The van der Waals surface area contributed by atoms with Crippen LogP contribution in [-0.4, -0.2) is 19.6 Å². The van der Waals surface area contributed by atoms with Crippen LogP contribution in [0.25, 0.3) is 72.2 Å². The van der Waals surface area contributed by atoms with Gasteiger partial charge in [-0.3, -0.25) is 0 Å². The zero-order chi connectivity index (χ0) is 27.2. The fraction of sp³-hybridized carbons (Fsp3) is 0. The molecule has 0 bridgehead atoms. The van der Waals surface area contributed by atoms with Gasteiger partial charge in [0, 0.05) is 27.5 Å². The normalized spacial score (nSPS) is 11.4. The fourth-order valence-electron chi connectivity index (χ4n) is 5.84. The second-order valence-corrected chi connectivity index (χ2v) is 10.1. The van der Waals surface area contributed by atoms with Gasteiger partial charge in [-0.05, 0) is 17.0 Å².